The van der Waals surface area contributed by atoms with Crippen LogP contribution < -0.4 is 9.64 Å². The van der Waals surface area contributed by atoms with Crippen LogP contribution in [0.2, 0.25) is 0 Å². The Morgan fingerprint density at radius 3 is 3.09 bits per heavy atom. The number of pyridine rings is 1. The highest BCUT2D eigenvalue weighted by Gasteiger charge is 2.25. The van der Waals surface area contributed by atoms with Crippen molar-refractivity contribution < 1.29 is 14.6 Å². The molecule has 5 heteroatoms. The number of aliphatic carboxylic acids is 1. The maximum atomic E-state index is 11.2. The van der Waals surface area contributed by atoms with E-state index in [4.69, 9.17) is 4.74 Å². The molecule has 1 atom stereocenters. The van der Waals surface area contributed by atoms with Crippen molar-refractivity contribution in [3.8, 4) is 5.88 Å². The standard InChI is InChI=1S/C17H20N2O3/c1-2-22-16-15-10-14(6-5-12(15)7-8-18-16)19-9-3-4-13(11-19)17(20)21/h5-8,10,13H,2-4,9,11H2,1H3,(H,20,21). The second-order valence-electron chi connectivity index (χ2n) is 5.58. The van der Waals surface area contributed by atoms with Crippen molar-refractivity contribution in [2.45, 2.75) is 19.8 Å². The van der Waals surface area contributed by atoms with Crippen molar-refractivity contribution in [2.24, 2.45) is 5.92 Å². The van der Waals surface area contributed by atoms with Gasteiger partial charge in [0.25, 0.3) is 0 Å². The van der Waals surface area contributed by atoms with E-state index < -0.39 is 5.97 Å². The molecule has 0 spiro atoms. The van der Waals surface area contributed by atoms with Gasteiger partial charge in [0.15, 0.2) is 0 Å². The van der Waals surface area contributed by atoms with E-state index in [1.54, 1.807) is 6.20 Å². The molecule has 1 N–H and O–H groups in total. The average molecular weight is 300 g/mol. The molecular formula is C17H20N2O3. The second-order valence-corrected chi connectivity index (χ2v) is 5.58. The third-order valence-corrected chi connectivity index (χ3v) is 4.13. The first kappa shape index (κ1) is 14.6. The summed E-state index contributed by atoms with van der Waals surface area (Å²) in [6.07, 6.45) is 3.40. The fourth-order valence-corrected chi connectivity index (χ4v) is 2.99. The van der Waals surface area contributed by atoms with Crippen molar-refractivity contribution in [1.29, 1.82) is 0 Å². The molecule has 1 aromatic heterocycles. The lowest BCUT2D eigenvalue weighted by atomic mass is 9.97. The number of rotatable bonds is 4. The van der Waals surface area contributed by atoms with Gasteiger partial charge < -0.3 is 14.7 Å². The summed E-state index contributed by atoms with van der Waals surface area (Å²) in [4.78, 5) is 17.7. The lowest BCUT2D eigenvalue weighted by molar-refractivity contribution is -0.141. The SMILES string of the molecule is CCOc1nccc2ccc(N3CCCC(C(=O)O)C3)cc12. The molecule has 5 nitrogen and oxygen atoms in total. The first-order chi connectivity index (χ1) is 10.7. The van der Waals surface area contributed by atoms with Crippen LogP contribution in [-0.2, 0) is 4.79 Å². The molecule has 1 aromatic carbocycles. The van der Waals surface area contributed by atoms with Crippen LogP contribution in [0.3, 0.4) is 0 Å². The van der Waals surface area contributed by atoms with Crippen LogP contribution in [0.1, 0.15) is 19.8 Å². The molecule has 0 aliphatic carbocycles. The number of ether oxygens (including phenoxy) is 1. The Morgan fingerprint density at radius 2 is 2.32 bits per heavy atom. The maximum absolute atomic E-state index is 11.2. The van der Waals surface area contributed by atoms with Crippen molar-refractivity contribution in [3.05, 3.63) is 30.5 Å². The second kappa shape index (κ2) is 6.22. The third kappa shape index (κ3) is 2.84. The molecule has 1 aliphatic heterocycles. The predicted octanol–water partition coefficient (Wildman–Crippen LogP) is 2.93. The summed E-state index contributed by atoms with van der Waals surface area (Å²) >= 11 is 0. The lowest BCUT2D eigenvalue weighted by Crippen LogP contribution is -2.38. The number of benzene rings is 1. The minimum absolute atomic E-state index is 0.287. The molecule has 1 fully saturated rings. The van der Waals surface area contributed by atoms with E-state index in [0.717, 1.165) is 35.8 Å². The molecule has 0 saturated carbocycles. The average Bonchev–Trinajstić information content (AvgIpc) is 2.55. The summed E-state index contributed by atoms with van der Waals surface area (Å²) in [5.74, 6) is -0.361. The van der Waals surface area contributed by atoms with E-state index in [-0.39, 0.29) is 5.92 Å². The van der Waals surface area contributed by atoms with E-state index >= 15 is 0 Å². The number of anilines is 1. The molecule has 2 heterocycles. The van der Waals surface area contributed by atoms with Crippen LogP contribution in [-0.4, -0.2) is 35.8 Å². The fourth-order valence-electron chi connectivity index (χ4n) is 2.99. The number of carbonyl (C=O) groups is 1. The van der Waals surface area contributed by atoms with Gasteiger partial charge in [0.1, 0.15) is 0 Å². The molecule has 2 aromatic rings. The Labute approximate surface area is 129 Å². The Morgan fingerprint density at radius 1 is 1.45 bits per heavy atom. The van der Waals surface area contributed by atoms with Crippen molar-refractivity contribution in [3.63, 3.8) is 0 Å². The molecule has 3 rings (SSSR count). The molecule has 1 unspecified atom stereocenters. The minimum Gasteiger partial charge on any atom is -0.481 e. The summed E-state index contributed by atoms with van der Waals surface area (Å²) in [5, 5.41) is 11.3. The van der Waals surface area contributed by atoms with Crippen LogP contribution in [0, 0.1) is 5.92 Å². The number of aromatic nitrogens is 1. The van der Waals surface area contributed by atoms with Gasteiger partial charge in [-0.25, -0.2) is 4.98 Å². The Kier molecular flexibility index (Phi) is 4.13. The molecule has 116 valence electrons. The van der Waals surface area contributed by atoms with Gasteiger partial charge in [0.2, 0.25) is 5.88 Å². The number of fused-ring (bicyclic) bond motifs is 1. The zero-order valence-corrected chi connectivity index (χ0v) is 12.7. The fraction of sp³-hybridized carbons (Fsp3) is 0.412. The van der Waals surface area contributed by atoms with Gasteiger partial charge in [-0.1, -0.05) is 6.07 Å². The van der Waals surface area contributed by atoms with Gasteiger partial charge in [-0.2, -0.15) is 0 Å². The quantitative estimate of drug-likeness (QED) is 0.940. The van der Waals surface area contributed by atoms with Gasteiger partial charge in [-0.05, 0) is 43.4 Å². The van der Waals surface area contributed by atoms with Crippen LogP contribution >= 0.6 is 0 Å². The zero-order chi connectivity index (χ0) is 15.5. The summed E-state index contributed by atoms with van der Waals surface area (Å²) in [6.45, 7) is 3.96. The Balaban J connectivity index is 1.94. The number of hydrogen-bond donors (Lipinski definition) is 1. The van der Waals surface area contributed by atoms with Crippen LogP contribution in [0.5, 0.6) is 5.88 Å². The molecule has 1 saturated heterocycles. The molecule has 0 radical (unpaired) electrons. The van der Waals surface area contributed by atoms with E-state index in [0.29, 0.717) is 19.0 Å². The molecule has 22 heavy (non-hydrogen) atoms. The van der Waals surface area contributed by atoms with Crippen LogP contribution in [0.25, 0.3) is 10.8 Å². The van der Waals surface area contributed by atoms with Crippen molar-refractivity contribution in [1.82, 2.24) is 4.98 Å². The van der Waals surface area contributed by atoms with Crippen LogP contribution in [0.4, 0.5) is 5.69 Å². The predicted molar refractivity (Wildman–Crippen MR) is 85.5 cm³/mol. The van der Waals surface area contributed by atoms with Gasteiger partial charge in [0, 0.05) is 30.4 Å². The Hall–Kier alpha value is -2.30. The summed E-state index contributed by atoms with van der Waals surface area (Å²) in [6, 6.07) is 8.09. The summed E-state index contributed by atoms with van der Waals surface area (Å²) < 4.78 is 5.60. The summed E-state index contributed by atoms with van der Waals surface area (Å²) in [7, 11) is 0. The number of piperidine rings is 1. The van der Waals surface area contributed by atoms with Gasteiger partial charge in [-0.15, -0.1) is 0 Å². The molecule has 0 amide bonds. The Bertz CT molecular complexity index is 687. The molecule has 0 bridgehead atoms. The largest absolute Gasteiger partial charge is 0.481 e. The highest BCUT2D eigenvalue weighted by molar-refractivity contribution is 5.89. The number of carboxylic acids is 1. The van der Waals surface area contributed by atoms with Crippen LogP contribution in [0.15, 0.2) is 30.5 Å². The van der Waals surface area contributed by atoms with E-state index in [1.807, 2.05) is 25.1 Å². The molecule has 1 aliphatic rings. The topological polar surface area (TPSA) is 62.7 Å². The van der Waals surface area contributed by atoms with Gasteiger partial charge in [-0.3, -0.25) is 4.79 Å². The normalized spacial score (nSPS) is 18.4. The molecular weight excluding hydrogens is 280 g/mol. The number of hydrogen-bond acceptors (Lipinski definition) is 4. The maximum Gasteiger partial charge on any atom is 0.308 e. The number of nitrogens with zero attached hydrogens (tertiary/aromatic N) is 2. The highest BCUT2D eigenvalue weighted by Crippen LogP contribution is 2.30. The van der Waals surface area contributed by atoms with E-state index in [9.17, 15) is 9.90 Å². The van der Waals surface area contributed by atoms with Gasteiger partial charge >= 0.3 is 5.97 Å². The summed E-state index contributed by atoms with van der Waals surface area (Å²) in [5.41, 5.74) is 1.03. The highest BCUT2D eigenvalue weighted by atomic mass is 16.5. The zero-order valence-electron chi connectivity index (χ0n) is 12.7. The first-order valence-corrected chi connectivity index (χ1v) is 7.68. The van der Waals surface area contributed by atoms with E-state index in [2.05, 4.69) is 16.0 Å². The smallest absolute Gasteiger partial charge is 0.308 e. The monoisotopic (exact) mass is 300 g/mol. The van der Waals surface area contributed by atoms with Crippen molar-refractivity contribution in [2.75, 3.05) is 24.6 Å². The van der Waals surface area contributed by atoms with Crippen molar-refractivity contribution >= 4 is 22.4 Å². The first-order valence-electron chi connectivity index (χ1n) is 7.68. The van der Waals surface area contributed by atoms with Gasteiger partial charge in [0.05, 0.1) is 12.5 Å². The third-order valence-electron chi connectivity index (χ3n) is 4.13. The minimum atomic E-state index is -0.706. The number of carboxylic acid groups (broad SMARTS) is 1. The van der Waals surface area contributed by atoms with E-state index in [1.165, 1.54) is 0 Å². The lowest BCUT2D eigenvalue weighted by Gasteiger charge is -2.32.